The van der Waals surface area contributed by atoms with E-state index >= 15 is 0 Å². The number of rotatable bonds is 3. The van der Waals surface area contributed by atoms with Crippen molar-refractivity contribution < 1.29 is 9.53 Å². The van der Waals surface area contributed by atoms with Crippen molar-refractivity contribution in [3.63, 3.8) is 0 Å². The van der Waals surface area contributed by atoms with E-state index in [1.165, 1.54) is 6.42 Å². The SMILES string of the molecule is CCCC[C@@H]1COC1=O. The third kappa shape index (κ3) is 1.44. The van der Waals surface area contributed by atoms with Crippen LogP contribution in [0.5, 0.6) is 0 Å². The van der Waals surface area contributed by atoms with E-state index in [-0.39, 0.29) is 11.9 Å². The van der Waals surface area contributed by atoms with Gasteiger partial charge in [0.1, 0.15) is 6.61 Å². The lowest BCUT2D eigenvalue weighted by Gasteiger charge is -2.23. The Morgan fingerprint density at radius 2 is 2.56 bits per heavy atom. The molecule has 9 heavy (non-hydrogen) atoms. The molecule has 0 bridgehead atoms. The number of carbonyl (C=O) groups is 1. The van der Waals surface area contributed by atoms with Gasteiger partial charge in [-0.25, -0.2) is 0 Å². The summed E-state index contributed by atoms with van der Waals surface area (Å²) >= 11 is 0. The Balaban J connectivity index is 2.06. The first-order valence-electron chi connectivity index (χ1n) is 3.51. The fourth-order valence-corrected chi connectivity index (χ4v) is 0.921. The van der Waals surface area contributed by atoms with Crippen LogP contribution in [0.25, 0.3) is 0 Å². The maximum atomic E-state index is 10.5. The lowest BCUT2D eigenvalue weighted by Crippen LogP contribution is -2.34. The number of hydrogen-bond donors (Lipinski definition) is 0. The molecule has 0 aromatic carbocycles. The molecule has 0 unspecified atom stereocenters. The Morgan fingerprint density at radius 3 is 2.89 bits per heavy atom. The van der Waals surface area contributed by atoms with Crippen LogP contribution in [0.15, 0.2) is 0 Å². The van der Waals surface area contributed by atoms with Crippen molar-refractivity contribution in [1.29, 1.82) is 0 Å². The molecular weight excluding hydrogens is 116 g/mol. The molecule has 0 aromatic heterocycles. The smallest absolute Gasteiger partial charge is 0.312 e. The van der Waals surface area contributed by atoms with Crippen molar-refractivity contribution in [2.45, 2.75) is 26.2 Å². The quantitative estimate of drug-likeness (QED) is 0.536. The highest BCUT2D eigenvalue weighted by Crippen LogP contribution is 2.18. The second kappa shape index (κ2) is 2.85. The van der Waals surface area contributed by atoms with E-state index in [0.29, 0.717) is 6.61 Å². The van der Waals surface area contributed by atoms with E-state index in [1.807, 2.05) is 0 Å². The monoisotopic (exact) mass is 128 g/mol. The zero-order valence-corrected chi connectivity index (χ0v) is 5.72. The van der Waals surface area contributed by atoms with E-state index in [2.05, 4.69) is 11.7 Å². The molecule has 0 amide bonds. The van der Waals surface area contributed by atoms with Gasteiger partial charge in [-0.3, -0.25) is 4.79 Å². The minimum absolute atomic E-state index is 0.00319. The third-order valence-electron chi connectivity index (χ3n) is 1.67. The summed E-state index contributed by atoms with van der Waals surface area (Å²) in [6, 6.07) is 0. The second-order valence-corrected chi connectivity index (χ2v) is 2.47. The van der Waals surface area contributed by atoms with Crippen LogP contribution in [0.4, 0.5) is 0 Å². The van der Waals surface area contributed by atoms with E-state index in [4.69, 9.17) is 0 Å². The van der Waals surface area contributed by atoms with Gasteiger partial charge in [0, 0.05) is 0 Å². The van der Waals surface area contributed by atoms with Crippen LogP contribution in [0, 0.1) is 5.92 Å². The van der Waals surface area contributed by atoms with Crippen molar-refractivity contribution in [2.75, 3.05) is 6.61 Å². The molecule has 0 aromatic rings. The van der Waals surface area contributed by atoms with Crippen LogP contribution in [-0.4, -0.2) is 12.6 Å². The Kier molecular flexibility index (Phi) is 2.09. The molecule has 1 aliphatic heterocycles. The van der Waals surface area contributed by atoms with Gasteiger partial charge in [-0.05, 0) is 6.42 Å². The molecule has 1 atom stereocenters. The highest BCUT2D eigenvalue weighted by molar-refractivity contribution is 5.77. The Morgan fingerprint density at radius 1 is 1.78 bits per heavy atom. The lowest BCUT2D eigenvalue weighted by atomic mass is 10.0. The van der Waals surface area contributed by atoms with Crippen LogP contribution in [-0.2, 0) is 9.53 Å². The topological polar surface area (TPSA) is 26.3 Å². The van der Waals surface area contributed by atoms with Gasteiger partial charge in [-0.1, -0.05) is 19.8 Å². The summed E-state index contributed by atoms with van der Waals surface area (Å²) in [5.74, 6) is 0.244. The largest absolute Gasteiger partial charge is 0.464 e. The maximum absolute atomic E-state index is 10.5. The predicted molar refractivity (Wildman–Crippen MR) is 34.0 cm³/mol. The fraction of sp³-hybridized carbons (Fsp3) is 0.857. The van der Waals surface area contributed by atoms with Gasteiger partial charge in [-0.2, -0.15) is 0 Å². The molecule has 1 rings (SSSR count). The minimum atomic E-state index is 0.00319. The summed E-state index contributed by atoms with van der Waals surface area (Å²) in [4.78, 5) is 10.5. The number of hydrogen-bond acceptors (Lipinski definition) is 2. The molecular formula is C7H12O2. The van der Waals surface area contributed by atoms with Crippen molar-refractivity contribution in [3.8, 4) is 0 Å². The van der Waals surface area contributed by atoms with Crippen LogP contribution >= 0.6 is 0 Å². The average molecular weight is 128 g/mol. The highest BCUT2D eigenvalue weighted by Gasteiger charge is 2.29. The molecule has 2 heteroatoms. The van der Waals surface area contributed by atoms with Crippen LogP contribution in [0.2, 0.25) is 0 Å². The molecule has 0 spiro atoms. The lowest BCUT2D eigenvalue weighted by molar-refractivity contribution is -0.169. The molecule has 0 radical (unpaired) electrons. The summed E-state index contributed by atoms with van der Waals surface area (Å²) in [6.07, 6.45) is 3.35. The fourth-order valence-electron chi connectivity index (χ4n) is 0.921. The van der Waals surface area contributed by atoms with E-state index in [0.717, 1.165) is 12.8 Å². The summed E-state index contributed by atoms with van der Waals surface area (Å²) < 4.78 is 4.60. The highest BCUT2D eigenvalue weighted by atomic mass is 16.6. The summed E-state index contributed by atoms with van der Waals surface area (Å²) in [5.41, 5.74) is 0. The maximum Gasteiger partial charge on any atom is 0.312 e. The van der Waals surface area contributed by atoms with Crippen LogP contribution < -0.4 is 0 Å². The second-order valence-electron chi connectivity index (χ2n) is 2.47. The first-order chi connectivity index (χ1) is 4.34. The standard InChI is InChI=1S/C7H12O2/c1-2-3-4-6-5-9-7(6)8/h6H,2-5H2,1H3/t6-/m1/s1. The molecule has 2 nitrogen and oxygen atoms in total. The molecule has 52 valence electrons. The van der Waals surface area contributed by atoms with Crippen molar-refractivity contribution in [3.05, 3.63) is 0 Å². The Bertz CT molecular complexity index is 109. The summed E-state index contributed by atoms with van der Waals surface area (Å²) in [7, 11) is 0. The van der Waals surface area contributed by atoms with Gasteiger partial charge >= 0.3 is 5.97 Å². The summed E-state index contributed by atoms with van der Waals surface area (Å²) in [6.45, 7) is 2.79. The van der Waals surface area contributed by atoms with E-state index in [9.17, 15) is 4.79 Å². The number of carbonyl (C=O) groups excluding carboxylic acids is 1. The van der Waals surface area contributed by atoms with Gasteiger partial charge in [0.05, 0.1) is 5.92 Å². The third-order valence-corrected chi connectivity index (χ3v) is 1.67. The predicted octanol–water partition coefficient (Wildman–Crippen LogP) is 1.35. The van der Waals surface area contributed by atoms with Gasteiger partial charge < -0.3 is 4.74 Å². The van der Waals surface area contributed by atoms with Gasteiger partial charge in [0.2, 0.25) is 0 Å². The van der Waals surface area contributed by atoms with Crippen molar-refractivity contribution in [2.24, 2.45) is 5.92 Å². The van der Waals surface area contributed by atoms with E-state index < -0.39 is 0 Å². The molecule has 0 N–H and O–H groups in total. The van der Waals surface area contributed by atoms with Crippen molar-refractivity contribution >= 4 is 5.97 Å². The first kappa shape index (κ1) is 6.59. The van der Waals surface area contributed by atoms with Crippen LogP contribution in [0.3, 0.4) is 0 Å². The van der Waals surface area contributed by atoms with Gasteiger partial charge in [-0.15, -0.1) is 0 Å². The normalized spacial score (nSPS) is 25.0. The Labute approximate surface area is 55.2 Å². The Hall–Kier alpha value is -0.530. The molecule has 1 aliphatic rings. The number of ether oxygens (including phenoxy) is 1. The van der Waals surface area contributed by atoms with Crippen molar-refractivity contribution in [1.82, 2.24) is 0 Å². The van der Waals surface area contributed by atoms with E-state index in [1.54, 1.807) is 0 Å². The zero-order chi connectivity index (χ0) is 6.69. The van der Waals surface area contributed by atoms with Gasteiger partial charge in [0.15, 0.2) is 0 Å². The number of cyclic esters (lactones) is 1. The average Bonchev–Trinajstić information content (AvgIpc) is 1.86. The number of esters is 1. The van der Waals surface area contributed by atoms with Gasteiger partial charge in [0.25, 0.3) is 0 Å². The molecule has 1 saturated heterocycles. The minimum Gasteiger partial charge on any atom is -0.464 e. The zero-order valence-electron chi connectivity index (χ0n) is 5.72. The number of unbranched alkanes of at least 4 members (excludes halogenated alkanes) is 1. The van der Waals surface area contributed by atoms with Crippen LogP contribution in [0.1, 0.15) is 26.2 Å². The molecule has 0 aliphatic carbocycles. The summed E-state index contributed by atoms with van der Waals surface area (Å²) in [5, 5.41) is 0. The molecule has 1 fully saturated rings. The molecule has 0 saturated carbocycles. The molecule has 1 heterocycles. The first-order valence-corrected chi connectivity index (χ1v) is 3.51.